The fourth-order valence-corrected chi connectivity index (χ4v) is 5.08. The normalized spacial score (nSPS) is 14.6. The van der Waals surface area contributed by atoms with Gasteiger partial charge in [0.25, 0.3) is 5.91 Å². The monoisotopic (exact) mass is 441 g/mol. The zero-order chi connectivity index (χ0) is 21.9. The van der Waals surface area contributed by atoms with Crippen LogP contribution in [0.15, 0.2) is 78.9 Å². The number of ketones is 1. The Kier molecular flexibility index (Phi) is 5.79. The zero-order valence-electron chi connectivity index (χ0n) is 17.6. The third-order valence-electron chi connectivity index (χ3n) is 5.79. The third kappa shape index (κ3) is 4.20. The molecule has 0 spiro atoms. The van der Waals surface area contributed by atoms with Gasteiger partial charge in [0.05, 0.1) is 22.3 Å². The summed E-state index contributed by atoms with van der Waals surface area (Å²) in [6.07, 6.45) is 0. The first-order valence-corrected chi connectivity index (χ1v) is 11.6. The summed E-state index contributed by atoms with van der Waals surface area (Å²) in [5.74, 6) is -0.200. The Bertz CT molecular complexity index is 1230. The molecule has 0 aliphatic carbocycles. The minimum atomic E-state index is -0.121. The highest BCUT2D eigenvalue weighted by Gasteiger charge is 2.26. The van der Waals surface area contributed by atoms with Crippen molar-refractivity contribution in [2.75, 3.05) is 26.2 Å². The summed E-state index contributed by atoms with van der Waals surface area (Å²) < 4.78 is 1.20. The molecule has 1 aromatic heterocycles. The van der Waals surface area contributed by atoms with E-state index in [4.69, 9.17) is 4.98 Å². The van der Waals surface area contributed by atoms with E-state index >= 15 is 0 Å². The molecule has 1 amide bonds. The van der Waals surface area contributed by atoms with Crippen LogP contribution >= 0.6 is 11.3 Å². The number of piperazine rings is 1. The third-order valence-corrected chi connectivity index (χ3v) is 6.82. The van der Waals surface area contributed by atoms with Crippen LogP contribution in [-0.2, 0) is 6.54 Å². The predicted octanol–water partition coefficient (Wildman–Crippen LogP) is 4.49. The van der Waals surface area contributed by atoms with E-state index in [9.17, 15) is 9.59 Å². The van der Waals surface area contributed by atoms with Crippen molar-refractivity contribution in [2.45, 2.75) is 6.54 Å². The Morgan fingerprint density at radius 1 is 0.781 bits per heavy atom. The molecule has 2 heterocycles. The SMILES string of the molecule is O=C(c1ccccc1)c1ccccc1C(=O)N1CCN(Cc2nc3ccccc3s2)CC1. The number of thiazole rings is 1. The average Bonchev–Trinajstić information content (AvgIpc) is 3.26. The highest BCUT2D eigenvalue weighted by molar-refractivity contribution is 7.18. The van der Waals surface area contributed by atoms with E-state index in [1.807, 2.05) is 53.4 Å². The maximum atomic E-state index is 13.3. The van der Waals surface area contributed by atoms with Gasteiger partial charge >= 0.3 is 0 Å². The van der Waals surface area contributed by atoms with Crippen molar-refractivity contribution in [1.82, 2.24) is 14.8 Å². The van der Waals surface area contributed by atoms with Gasteiger partial charge in [0, 0.05) is 37.3 Å². The summed E-state index contributed by atoms with van der Waals surface area (Å²) in [6.45, 7) is 3.65. The summed E-state index contributed by atoms with van der Waals surface area (Å²) in [4.78, 5) is 35.2. The van der Waals surface area contributed by atoms with Crippen molar-refractivity contribution in [3.8, 4) is 0 Å². The van der Waals surface area contributed by atoms with Crippen molar-refractivity contribution in [2.24, 2.45) is 0 Å². The minimum absolute atomic E-state index is 0.0791. The Morgan fingerprint density at radius 3 is 2.19 bits per heavy atom. The van der Waals surface area contributed by atoms with Gasteiger partial charge in [-0.3, -0.25) is 14.5 Å². The first-order valence-electron chi connectivity index (χ1n) is 10.7. The van der Waals surface area contributed by atoms with Crippen LogP contribution in [0.5, 0.6) is 0 Å². The minimum Gasteiger partial charge on any atom is -0.336 e. The standard InChI is InChI=1S/C26H23N3O2S/c30-25(19-8-2-1-3-9-19)20-10-4-5-11-21(20)26(31)29-16-14-28(15-17-29)18-24-27-22-12-6-7-13-23(22)32-24/h1-13H,14-18H2. The van der Waals surface area contributed by atoms with E-state index in [2.05, 4.69) is 11.0 Å². The van der Waals surface area contributed by atoms with Crippen LogP contribution in [0.25, 0.3) is 10.2 Å². The van der Waals surface area contributed by atoms with Crippen LogP contribution in [0.1, 0.15) is 31.3 Å². The summed E-state index contributed by atoms with van der Waals surface area (Å²) in [6, 6.07) is 24.4. The van der Waals surface area contributed by atoms with Crippen molar-refractivity contribution in [3.63, 3.8) is 0 Å². The Labute approximate surface area is 190 Å². The van der Waals surface area contributed by atoms with Gasteiger partial charge in [-0.1, -0.05) is 60.7 Å². The summed E-state index contributed by atoms with van der Waals surface area (Å²) in [7, 11) is 0. The van der Waals surface area contributed by atoms with Crippen LogP contribution in [-0.4, -0.2) is 52.7 Å². The van der Waals surface area contributed by atoms with Crippen LogP contribution in [0, 0.1) is 0 Å². The molecule has 160 valence electrons. The molecule has 5 rings (SSSR count). The van der Waals surface area contributed by atoms with E-state index in [0.717, 1.165) is 30.2 Å². The van der Waals surface area contributed by atoms with Crippen molar-refractivity contribution >= 4 is 33.2 Å². The predicted molar refractivity (Wildman–Crippen MR) is 127 cm³/mol. The molecule has 3 aromatic carbocycles. The Hall–Kier alpha value is -3.35. The summed E-state index contributed by atoms with van der Waals surface area (Å²) in [5, 5.41) is 1.10. The van der Waals surface area contributed by atoms with Crippen LogP contribution in [0.2, 0.25) is 0 Å². The lowest BCUT2D eigenvalue weighted by molar-refractivity contribution is 0.0625. The molecular formula is C26H23N3O2S. The number of nitrogens with zero attached hydrogens (tertiary/aromatic N) is 3. The average molecular weight is 442 g/mol. The number of hydrogen-bond donors (Lipinski definition) is 0. The van der Waals surface area contributed by atoms with E-state index in [1.165, 1.54) is 4.70 Å². The molecule has 0 unspecified atom stereocenters. The molecule has 1 aliphatic rings. The fraction of sp³-hybridized carbons (Fsp3) is 0.192. The number of carbonyl (C=O) groups is 2. The number of fused-ring (bicyclic) bond motifs is 1. The largest absolute Gasteiger partial charge is 0.336 e. The number of carbonyl (C=O) groups excluding carboxylic acids is 2. The molecule has 6 heteroatoms. The van der Waals surface area contributed by atoms with Crippen molar-refractivity contribution in [3.05, 3.63) is 101 Å². The second-order valence-electron chi connectivity index (χ2n) is 7.88. The lowest BCUT2D eigenvalue weighted by atomic mass is 9.97. The van der Waals surface area contributed by atoms with Gasteiger partial charge in [0.2, 0.25) is 0 Å². The van der Waals surface area contributed by atoms with Crippen molar-refractivity contribution < 1.29 is 9.59 Å². The maximum absolute atomic E-state index is 13.3. The molecule has 1 aliphatic heterocycles. The molecule has 0 atom stereocenters. The first kappa shape index (κ1) is 20.5. The van der Waals surface area contributed by atoms with E-state index in [-0.39, 0.29) is 11.7 Å². The van der Waals surface area contributed by atoms with E-state index < -0.39 is 0 Å². The smallest absolute Gasteiger partial charge is 0.254 e. The fourth-order valence-electron chi connectivity index (χ4n) is 4.07. The quantitative estimate of drug-likeness (QED) is 0.429. The molecule has 1 saturated heterocycles. The van der Waals surface area contributed by atoms with Crippen LogP contribution in [0.4, 0.5) is 0 Å². The summed E-state index contributed by atoms with van der Waals surface area (Å²) in [5.41, 5.74) is 2.57. The van der Waals surface area contributed by atoms with Gasteiger partial charge < -0.3 is 4.90 Å². The summed E-state index contributed by atoms with van der Waals surface area (Å²) >= 11 is 1.73. The van der Waals surface area contributed by atoms with Gasteiger partial charge in [-0.25, -0.2) is 4.98 Å². The number of hydrogen-bond acceptors (Lipinski definition) is 5. The Morgan fingerprint density at radius 2 is 1.44 bits per heavy atom. The molecule has 0 saturated carbocycles. The molecule has 0 bridgehead atoms. The molecule has 5 nitrogen and oxygen atoms in total. The zero-order valence-corrected chi connectivity index (χ0v) is 18.4. The molecule has 1 fully saturated rings. The Balaban J connectivity index is 1.26. The van der Waals surface area contributed by atoms with Crippen molar-refractivity contribution in [1.29, 1.82) is 0 Å². The molecule has 0 radical (unpaired) electrons. The lowest BCUT2D eigenvalue weighted by Crippen LogP contribution is -2.48. The van der Waals surface area contributed by atoms with E-state index in [1.54, 1.807) is 35.6 Å². The topological polar surface area (TPSA) is 53.5 Å². The second-order valence-corrected chi connectivity index (χ2v) is 9.00. The van der Waals surface area contributed by atoms with Gasteiger partial charge in [0.15, 0.2) is 5.78 Å². The highest BCUT2D eigenvalue weighted by Crippen LogP contribution is 2.23. The highest BCUT2D eigenvalue weighted by atomic mass is 32.1. The van der Waals surface area contributed by atoms with Crippen LogP contribution < -0.4 is 0 Å². The molecule has 0 N–H and O–H groups in total. The number of benzene rings is 3. The molecular weight excluding hydrogens is 418 g/mol. The first-order chi connectivity index (χ1) is 15.7. The number of rotatable bonds is 5. The second kappa shape index (κ2) is 9.02. The van der Waals surface area contributed by atoms with Crippen LogP contribution in [0.3, 0.4) is 0 Å². The molecule has 32 heavy (non-hydrogen) atoms. The maximum Gasteiger partial charge on any atom is 0.254 e. The van der Waals surface area contributed by atoms with Gasteiger partial charge in [-0.15, -0.1) is 11.3 Å². The molecule has 4 aromatic rings. The van der Waals surface area contributed by atoms with E-state index in [0.29, 0.717) is 29.8 Å². The lowest BCUT2D eigenvalue weighted by Gasteiger charge is -2.34. The van der Waals surface area contributed by atoms with Gasteiger partial charge in [-0.05, 0) is 18.2 Å². The number of amides is 1. The van der Waals surface area contributed by atoms with Gasteiger partial charge in [-0.2, -0.15) is 0 Å². The van der Waals surface area contributed by atoms with Gasteiger partial charge in [0.1, 0.15) is 5.01 Å². The number of aromatic nitrogens is 1. The number of para-hydroxylation sites is 1.